The Balaban J connectivity index is 1.60. The van der Waals surface area contributed by atoms with Gasteiger partial charge in [0.2, 0.25) is 5.16 Å². The van der Waals surface area contributed by atoms with Gasteiger partial charge in [-0.3, -0.25) is 0 Å². The zero-order valence-electron chi connectivity index (χ0n) is 12.5. The molecule has 124 valence electrons. The molecule has 0 radical (unpaired) electrons. The SMILES string of the molecule is O=S(=O)(CCSc1nnnn1-c1ccccc1)Oc1ccccc1. The van der Waals surface area contributed by atoms with Gasteiger partial charge in [0.15, 0.2) is 0 Å². The van der Waals surface area contributed by atoms with Crippen LogP contribution in [0.4, 0.5) is 0 Å². The van der Waals surface area contributed by atoms with Crippen molar-refractivity contribution in [3.05, 3.63) is 60.7 Å². The van der Waals surface area contributed by atoms with Crippen LogP contribution in [0.2, 0.25) is 0 Å². The highest BCUT2D eigenvalue weighted by atomic mass is 32.2. The van der Waals surface area contributed by atoms with E-state index in [0.29, 0.717) is 10.9 Å². The van der Waals surface area contributed by atoms with E-state index in [1.54, 1.807) is 35.0 Å². The predicted molar refractivity (Wildman–Crippen MR) is 90.7 cm³/mol. The highest BCUT2D eigenvalue weighted by Crippen LogP contribution is 2.19. The zero-order chi connectivity index (χ0) is 16.8. The molecule has 0 bridgehead atoms. The summed E-state index contributed by atoms with van der Waals surface area (Å²) >= 11 is 1.25. The van der Waals surface area contributed by atoms with Gasteiger partial charge in [-0.15, -0.1) is 5.10 Å². The maximum atomic E-state index is 12.0. The molecule has 7 nitrogen and oxygen atoms in total. The van der Waals surface area contributed by atoms with Gasteiger partial charge in [0.05, 0.1) is 11.4 Å². The minimum absolute atomic E-state index is 0.145. The van der Waals surface area contributed by atoms with Crippen LogP contribution in [-0.2, 0) is 10.1 Å². The molecule has 1 heterocycles. The summed E-state index contributed by atoms with van der Waals surface area (Å²) in [6, 6.07) is 17.8. The first-order chi connectivity index (χ1) is 11.6. The summed E-state index contributed by atoms with van der Waals surface area (Å²) < 4.78 is 30.6. The molecule has 0 saturated carbocycles. The lowest BCUT2D eigenvalue weighted by Gasteiger charge is -2.07. The van der Waals surface area contributed by atoms with Gasteiger partial charge in [0.1, 0.15) is 5.75 Å². The number of aromatic nitrogens is 4. The van der Waals surface area contributed by atoms with Crippen LogP contribution >= 0.6 is 11.8 Å². The predicted octanol–water partition coefficient (Wildman–Crippen LogP) is 2.16. The Morgan fingerprint density at radius 1 is 1.00 bits per heavy atom. The summed E-state index contributed by atoms with van der Waals surface area (Å²) in [5.74, 6) is 0.438. The smallest absolute Gasteiger partial charge is 0.310 e. The van der Waals surface area contributed by atoms with Crippen molar-refractivity contribution in [2.45, 2.75) is 5.16 Å². The summed E-state index contributed by atoms with van der Waals surface area (Å²) in [5.41, 5.74) is 0.813. The fourth-order valence-corrected chi connectivity index (χ4v) is 4.08. The molecule has 2 aromatic carbocycles. The molecule has 1 aromatic heterocycles. The molecule has 9 heteroatoms. The summed E-state index contributed by atoms with van der Waals surface area (Å²) in [6.45, 7) is 0. The normalized spacial score (nSPS) is 11.3. The van der Waals surface area contributed by atoms with E-state index in [9.17, 15) is 8.42 Å². The van der Waals surface area contributed by atoms with Crippen molar-refractivity contribution in [2.24, 2.45) is 0 Å². The van der Waals surface area contributed by atoms with Crippen LogP contribution in [0, 0.1) is 0 Å². The molecular formula is C15H14N4O3S2. The van der Waals surface area contributed by atoms with Crippen LogP contribution < -0.4 is 4.18 Å². The van der Waals surface area contributed by atoms with E-state index in [4.69, 9.17) is 4.18 Å². The maximum absolute atomic E-state index is 12.0. The van der Waals surface area contributed by atoms with Crippen molar-refractivity contribution >= 4 is 21.9 Å². The lowest BCUT2D eigenvalue weighted by atomic mass is 10.3. The monoisotopic (exact) mass is 362 g/mol. The number of nitrogens with zero attached hydrogens (tertiary/aromatic N) is 4. The van der Waals surface area contributed by atoms with Crippen molar-refractivity contribution in [3.8, 4) is 11.4 Å². The van der Waals surface area contributed by atoms with Crippen molar-refractivity contribution in [1.82, 2.24) is 20.2 Å². The van der Waals surface area contributed by atoms with Crippen LogP contribution in [0.25, 0.3) is 5.69 Å². The molecule has 0 aliphatic carbocycles. The molecule has 0 spiro atoms. The fourth-order valence-electron chi connectivity index (χ4n) is 1.90. The molecule has 0 fully saturated rings. The van der Waals surface area contributed by atoms with Crippen molar-refractivity contribution in [2.75, 3.05) is 11.5 Å². The van der Waals surface area contributed by atoms with Crippen LogP contribution in [0.3, 0.4) is 0 Å². The number of benzene rings is 2. The molecule has 24 heavy (non-hydrogen) atoms. The third-order valence-corrected chi connectivity index (χ3v) is 5.30. The zero-order valence-corrected chi connectivity index (χ0v) is 14.2. The second-order valence-corrected chi connectivity index (χ2v) is 7.47. The first-order valence-corrected chi connectivity index (χ1v) is 9.64. The summed E-state index contributed by atoms with van der Waals surface area (Å²) in [6.07, 6.45) is 0. The number of rotatable bonds is 7. The summed E-state index contributed by atoms with van der Waals surface area (Å²) in [7, 11) is -3.66. The number of hydrogen-bond donors (Lipinski definition) is 0. The van der Waals surface area contributed by atoms with Crippen LogP contribution in [-0.4, -0.2) is 40.1 Å². The van der Waals surface area contributed by atoms with Gasteiger partial charge in [-0.2, -0.15) is 13.1 Å². The van der Waals surface area contributed by atoms with E-state index in [2.05, 4.69) is 15.5 Å². The second kappa shape index (κ2) is 7.45. The Hall–Kier alpha value is -2.39. The van der Waals surface area contributed by atoms with Gasteiger partial charge in [0.25, 0.3) is 0 Å². The first-order valence-electron chi connectivity index (χ1n) is 7.08. The van der Waals surface area contributed by atoms with E-state index in [-0.39, 0.29) is 11.5 Å². The fraction of sp³-hybridized carbons (Fsp3) is 0.133. The lowest BCUT2D eigenvalue weighted by molar-refractivity contribution is 0.488. The molecule has 0 amide bonds. The van der Waals surface area contributed by atoms with Gasteiger partial charge in [-0.05, 0) is 34.7 Å². The van der Waals surface area contributed by atoms with Gasteiger partial charge >= 0.3 is 10.1 Å². The second-order valence-electron chi connectivity index (χ2n) is 4.72. The summed E-state index contributed by atoms with van der Waals surface area (Å²) in [4.78, 5) is 0. The van der Waals surface area contributed by atoms with Crippen LogP contribution in [0.1, 0.15) is 0 Å². The molecule has 0 unspecified atom stereocenters. The van der Waals surface area contributed by atoms with E-state index in [0.717, 1.165) is 5.69 Å². The molecule has 3 rings (SSSR count). The molecule has 0 atom stereocenters. The maximum Gasteiger partial charge on any atom is 0.310 e. The minimum atomic E-state index is -3.66. The Morgan fingerprint density at radius 3 is 2.38 bits per heavy atom. The number of para-hydroxylation sites is 2. The summed E-state index contributed by atoms with van der Waals surface area (Å²) in [5, 5.41) is 12.0. The third kappa shape index (κ3) is 4.33. The molecule has 0 aliphatic rings. The lowest BCUT2D eigenvalue weighted by Crippen LogP contribution is -2.15. The number of hydrogen-bond acceptors (Lipinski definition) is 7. The van der Waals surface area contributed by atoms with E-state index >= 15 is 0 Å². The standard InChI is InChI=1S/C15H14N4O3S2/c20-24(21,22-14-9-5-2-6-10-14)12-11-23-15-16-17-18-19(15)13-7-3-1-4-8-13/h1-10H,11-12H2. The highest BCUT2D eigenvalue weighted by Gasteiger charge is 2.15. The van der Waals surface area contributed by atoms with Crippen molar-refractivity contribution < 1.29 is 12.6 Å². The average Bonchev–Trinajstić information content (AvgIpc) is 3.04. The molecule has 0 N–H and O–H groups in total. The molecule has 3 aromatic rings. The van der Waals surface area contributed by atoms with E-state index in [1.807, 2.05) is 30.3 Å². The van der Waals surface area contributed by atoms with E-state index < -0.39 is 10.1 Å². The van der Waals surface area contributed by atoms with Crippen LogP contribution in [0.5, 0.6) is 5.75 Å². The average molecular weight is 362 g/mol. The number of tetrazole rings is 1. The highest BCUT2D eigenvalue weighted by molar-refractivity contribution is 8.00. The molecule has 0 aliphatic heterocycles. The van der Waals surface area contributed by atoms with Crippen molar-refractivity contribution in [3.63, 3.8) is 0 Å². The third-order valence-electron chi connectivity index (χ3n) is 2.97. The first kappa shape index (κ1) is 16.5. The van der Waals surface area contributed by atoms with Crippen molar-refractivity contribution in [1.29, 1.82) is 0 Å². The Morgan fingerprint density at radius 2 is 1.67 bits per heavy atom. The van der Waals surface area contributed by atoms with Gasteiger partial charge < -0.3 is 4.18 Å². The van der Waals surface area contributed by atoms with Crippen LogP contribution in [0.15, 0.2) is 65.8 Å². The topological polar surface area (TPSA) is 87.0 Å². The quantitative estimate of drug-likeness (QED) is 0.470. The number of thioether (sulfide) groups is 1. The largest absolute Gasteiger partial charge is 0.382 e. The Kier molecular flexibility index (Phi) is 5.11. The minimum Gasteiger partial charge on any atom is -0.382 e. The Bertz CT molecular complexity index is 883. The molecule has 0 saturated heterocycles. The van der Waals surface area contributed by atoms with E-state index in [1.165, 1.54) is 11.8 Å². The van der Waals surface area contributed by atoms with Gasteiger partial charge in [-0.1, -0.05) is 48.2 Å². The molecular weight excluding hydrogens is 348 g/mol. The van der Waals surface area contributed by atoms with Gasteiger partial charge in [-0.25, -0.2) is 0 Å². The van der Waals surface area contributed by atoms with Gasteiger partial charge in [0, 0.05) is 5.75 Å². The Labute approximate surface area is 143 Å².